The van der Waals surface area contributed by atoms with Crippen molar-refractivity contribution in [2.45, 2.75) is 6.92 Å². The van der Waals surface area contributed by atoms with E-state index in [1.54, 1.807) is 13.4 Å². The summed E-state index contributed by atoms with van der Waals surface area (Å²) in [5.74, 6) is 2.21. The molecule has 4 nitrogen and oxygen atoms in total. The summed E-state index contributed by atoms with van der Waals surface area (Å²) in [5.41, 5.74) is 2.34. The van der Waals surface area contributed by atoms with Crippen molar-refractivity contribution in [2.75, 3.05) is 13.7 Å². The van der Waals surface area contributed by atoms with Crippen molar-refractivity contribution in [2.24, 2.45) is 0 Å². The average molecular weight is 321 g/mol. The summed E-state index contributed by atoms with van der Waals surface area (Å²) in [6.07, 6.45) is 1.67. The van der Waals surface area contributed by atoms with Crippen LogP contribution in [0.15, 0.2) is 63.6 Å². The van der Waals surface area contributed by atoms with Crippen LogP contribution in [-0.2, 0) is 0 Å². The molecule has 4 heteroatoms. The Bertz CT molecular complexity index is 984. The molecule has 0 atom stereocenters. The van der Waals surface area contributed by atoms with E-state index in [1.807, 2.05) is 55.5 Å². The van der Waals surface area contributed by atoms with Crippen LogP contribution < -0.4 is 9.47 Å². The number of fused-ring (bicyclic) bond motifs is 2. The molecule has 2 aromatic heterocycles. The Morgan fingerprint density at radius 3 is 2.75 bits per heavy atom. The van der Waals surface area contributed by atoms with Crippen LogP contribution in [0.1, 0.15) is 6.92 Å². The molecule has 120 valence electrons. The zero-order chi connectivity index (χ0) is 16.5. The lowest BCUT2D eigenvalue weighted by Crippen LogP contribution is -1.95. The third-order valence-electron chi connectivity index (χ3n) is 3.96. The molecule has 2 aromatic carbocycles. The number of ether oxygens (including phenoxy) is 2. The molecule has 4 rings (SSSR count). The first-order valence-electron chi connectivity index (χ1n) is 7.84. The van der Waals surface area contributed by atoms with E-state index in [2.05, 4.69) is 0 Å². The molecule has 24 heavy (non-hydrogen) atoms. The van der Waals surface area contributed by atoms with Gasteiger partial charge in [-0.3, -0.25) is 0 Å². The first-order chi connectivity index (χ1) is 11.8. The predicted octanol–water partition coefficient (Wildman–Crippen LogP) is 5.53. The summed E-state index contributed by atoms with van der Waals surface area (Å²) in [6, 6.07) is 15.6. The van der Waals surface area contributed by atoms with E-state index in [-0.39, 0.29) is 0 Å². The maximum atomic E-state index is 5.97. The molecule has 0 unspecified atom stereocenters. The first kappa shape index (κ1) is 14.6. The number of rotatable bonds is 4. The maximum absolute atomic E-state index is 5.97. The zero-order valence-corrected chi connectivity index (χ0v) is 13.5. The van der Waals surface area contributed by atoms with Gasteiger partial charge in [0.1, 0.15) is 22.5 Å². The molecule has 0 spiro atoms. The van der Waals surface area contributed by atoms with E-state index in [4.69, 9.17) is 18.3 Å². The van der Waals surface area contributed by atoms with E-state index in [0.717, 1.165) is 39.2 Å². The van der Waals surface area contributed by atoms with E-state index in [0.29, 0.717) is 12.2 Å². The van der Waals surface area contributed by atoms with E-state index in [1.165, 1.54) is 0 Å². The van der Waals surface area contributed by atoms with Crippen molar-refractivity contribution in [3.05, 3.63) is 54.8 Å². The van der Waals surface area contributed by atoms with Crippen LogP contribution >= 0.6 is 0 Å². The number of para-hydroxylation sites is 1. The number of hydrogen-bond donors (Lipinski definition) is 0. The van der Waals surface area contributed by atoms with Crippen LogP contribution in [0.5, 0.6) is 11.5 Å². The van der Waals surface area contributed by atoms with Crippen LogP contribution in [0.4, 0.5) is 0 Å². The highest BCUT2D eigenvalue weighted by Crippen LogP contribution is 2.40. The molecule has 0 bridgehead atoms. The normalized spacial score (nSPS) is 11.1. The topological polar surface area (TPSA) is 42.9 Å². The Hall–Kier alpha value is -3.01. The van der Waals surface area contributed by atoms with Crippen LogP contribution in [-0.4, -0.2) is 13.7 Å². The largest absolute Gasteiger partial charge is 0.496 e. The highest BCUT2D eigenvalue weighted by atomic mass is 16.5. The maximum Gasteiger partial charge on any atom is 0.367 e. The van der Waals surface area contributed by atoms with Gasteiger partial charge >= 0.3 is 11.8 Å². The number of furan rings is 1. The van der Waals surface area contributed by atoms with Gasteiger partial charge < -0.3 is 13.9 Å². The SMILES string of the molecule is CCOc1c(-c2cc3ccccc3o2)c[o+]c2cc(OC)ccc12. The van der Waals surface area contributed by atoms with Crippen molar-refractivity contribution >= 4 is 21.9 Å². The average Bonchev–Trinajstić information content (AvgIpc) is 3.05. The van der Waals surface area contributed by atoms with Gasteiger partial charge in [-0.25, -0.2) is 4.42 Å². The molecule has 0 amide bonds. The van der Waals surface area contributed by atoms with E-state index >= 15 is 0 Å². The fourth-order valence-electron chi connectivity index (χ4n) is 2.82. The Morgan fingerprint density at radius 1 is 1.08 bits per heavy atom. The molecule has 4 aromatic rings. The standard InChI is InChI=1S/C20H17O4/c1-3-22-20-15-9-8-14(21-2)11-18(15)23-12-16(20)19-10-13-6-4-5-7-17(13)24-19/h4-12H,3H2,1-2H3/q+1. The number of methoxy groups -OCH3 is 1. The summed E-state index contributed by atoms with van der Waals surface area (Å²) in [7, 11) is 1.63. The minimum atomic E-state index is 0.554. The third kappa shape index (κ3) is 2.36. The molecule has 0 aliphatic rings. The van der Waals surface area contributed by atoms with Crippen molar-refractivity contribution in [3.8, 4) is 22.8 Å². The van der Waals surface area contributed by atoms with Crippen LogP contribution in [0.2, 0.25) is 0 Å². The Kier molecular flexibility index (Phi) is 3.58. The lowest BCUT2D eigenvalue weighted by atomic mass is 10.1. The minimum Gasteiger partial charge on any atom is -0.496 e. The third-order valence-corrected chi connectivity index (χ3v) is 3.96. The van der Waals surface area contributed by atoms with Crippen molar-refractivity contribution in [3.63, 3.8) is 0 Å². The summed E-state index contributed by atoms with van der Waals surface area (Å²) in [5, 5.41) is 1.93. The van der Waals surface area contributed by atoms with Crippen LogP contribution in [0.3, 0.4) is 0 Å². The molecule has 0 aliphatic heterocycles. The fraction of sp³-hybridized carbons (Fsp3) is 0.150. The van der Waals surface area contributed by atoms with Gasteiger partial charge in [0.15, 0.2) is 11.3 Å². The van der Waals surface area contributed by atoms with Gasteiger partial charge in [-0.15, -0.1) is 0 Å². The second-order valence-corrected chi connectivity index (χ2v) is 5.42. The van der Waals surface area contributed by atoms with Gasteiger partial charge in [-0.1, -0.05) is 18.2 Å². The van der Waals surface area contributed by atoms with Gasteiger partial charge in [0, 0.05) is 5.39 Å². The van der Waals surface area contributed by atoms with Gasteiger partial charge in [0.05, 0.1) is 19.8 Å². The lowest BCUT2D eigenvalue weighted by Gasteiger charge is -2.07. The van der Waals surface area contributed by atoms with Gasteiger partial charge in [-0.05, 0) is 31.2 Å². The second-order valence-electron chi connectivity index (χ2n) is 5.42. The molecule has 0 radical (unpaired) electrons. The monoisotopic (exact) mass is 321 g/mol. The van der Waals surface area contributed by atoms with E-state index < -0.39 is 0 Å². The molecular formula is C20H17O4+. The molecular weight excluding hydrogens is 304 g/mol. The summed E-state index contributed by atoms with van der Waals surface area (Å²) < 4.78 is 22.9. The summed E-state index contributed by atoms with van der Waals surface area (Å²) in [4.78, 5) is 0. The highest BCUT2D eigenvalue weighted by Gasteiger charge is 2.23. The molecule has 0 aliphatic carbocycles. The number of hydrogen-bond acceptors (Lipinski definition) is 3. The summed E-state index contributed by atoms with van der Waals surface area (Å²) in [6.45, 7) is 2.51. The molecule has 0 fully saturated rings. The molecule has 0 saturated heterocycles. The Balaban J connectivity index is 1.95. The highest BCUT2D eigenvalue weighted by molar-refractivity contribution is 5.92. The quantitative estimate of drug-likeness (QED) is 0.463. The van der Waals surface area contributed by atoms with Gasteiger partial charge in [-0.2, -0.15) is 0 Å². The summed E-state index contributed by atoms with van der Waals surface area (Å²) >= 11 is 0. The zero-order valence-electron chi connectivity index (χ0n) is 13.5. The van der Waals surface area contributed by atoms with Crippen LogP contribution in [0.25, 0.3) is 33.3 Å². The van der Waals surface area contributed by atoms with Gasteiger partial charge in [0.25, 0.3) is 0 Å². The van der Waals surface area contributed by atoms with E-state index in [9.17, 15) is 0 Å². The lowest BCUT2D eigenvalue weighted by molar-refractivity contribution is 0.342. The minimum absolute atomic E-state index is 0.554. The van der Waals surface area contributed by atoms with Crippen LogP contribution in [0, 0.1) is 0 Å². The van der Waals surface area contributed by atoms with Crippen molar-refractivity contribution in [1.82, 2.24) is 0 Å². The van der Waals surface area contributed by atoms with Crippen molar-refractivity contribution < 1.29 is 18.3 Å². The Morgan fingerprint density at radius 2 is 1.96 bits per heavy atom. The molecule has 2 heterocycles. The first-order valence-corrected chi connectivity index (χ1v) is 7.84. The predicted molar refractivity (Wildman–Crippen MR) is 93.6 cm³/mol. The smallest absolute Gasteiger partial charge is 0.367 e. The Labute approximate surface area is 139 Å². The molecule has 0 N–H and O–H groups in total. The van der Waals surface area contributed by atoms with Gasteiger partial charge in [0.2, 0.25) is 0 Å². The fourth-order valence-corrected chi connectivity index (χ4v) is 2.82. The molecule has 0 saturated carbocycles. The van der Waals surface area contributed by atoms with Crippen molar-refractivity contribution in [1.29, 1.82) is 0 Å². The second kappa shape index (κ2) is 5.89. The number of benzene rings is 2.